The molecule has 0 radical (unpaired) electrons. The van der Waals surface area contributed by atoms with Gasteiger partial charge < -0.3 is 9.47 Å². The van der Waals surface area contributed by atoms with Gasteiger partial charge in [0.15, 0.2) is 16.6 Å². The first-order valence-electron chi connectivity index (χ1n) is 10.4. The Labute approximate surface area is 201 Å². The van der Waals surface area contributed by atoms with E-state index in [1.165, 1.54) is 30.2 Å². The summed E-state index contributed by atoms with van der Waals surface area (Å²) in [6.45, 7) is 6.13. The summed E-state index contributed by atoms with van der Waals surface area (Å²) in [5.41, 5.74) is 2.00. The number of hydrogen-bond acceptors (Lipinski definition) is 7. The van der Waals surface area contributed by atoms with Gasteiger partial charge >= 0.3 is 0 Å². The van der Waals surface area contributed by atoms with Crippen LogP contribution in [0, 0.1) is 10.1 Å². The van der Waals surface area contributed by atoms with Gasteiger partial charge in [0.05, 0.1) is 11.5 Å². The highest BCUT2D eigenvalue weighted by Gasteiger charge is 2.31. The van der Waals surface area contributed by atoms with Gasteiger partial charge in [-0.05, 0) is 67.0 Å². The monoisotopic (exact) mass is 481 g/mol. The van der Waals surface area contributed by atoms with Crippen LogP contribution in [0.4, 0.5) is 5.69 Å². The number of carbonyl (C=O) groups excluding carboxylic acids is 2. The third-order valence-corrected chi connectivity index (χ3v) is 5.34. The summed E-state index contributed by atoms with van der Waals surface area (Å²) >= 11 is 4.98. The van der Waals surface area contributed by atoms with Crippen LogP contribution in [-0.4, -0.2) is 40.4 Å². The Morgan fingerprint density at radius 1 is 1.21 bits per heavy atom. The summed E-state index contributed by atoms with van der Waals surface area (Å²) in [5.74, 6) is -0.159. The topological polar surface area (TPSA) is 111 Å². The Morgan fingerprint density at radius 2 is 1.91 bits per heavy atom. The molecule has 2 aromatic carbocycles. The van der Waals surface area contributed by atoms with Crippen molar-refractivity contribution < 1.29 is 24.0 Å². The molecule has 176 valence electrons. The number of ether oxygens (including phenoxy) is 2. The summed E-state index contributed by atoms with van der Waals surface area (Å²) in [4.78, 5) is 36.5. The number of rotatable bonds is 9. The molecule has 0 atom stereocenters. The van der Waals surface area contributed by atoms with Crippen molar-refractivity contribution in [2.75, 3.05) is 13.7 Å². The quantitative estimate of drug-likeness (QED) is 0.146. The van der Waals surface area contributed by atoms with Crippen molar-refractivity contribution in [2.24, 2.45) is 0 Å². The maximum atomic E-state index is 12.6. The van der Waals surface area contributed by atoms with Crippen LogP contribution >= 0.6 is 12.2 Å². The van der Waals surface area contributed by atoms with E-state index in [0.29, 0.717) is 30.1 Å². The minimum absolute atomic E-state index is 0.00352. The SMILES string of the molecule is C=CCc1cc(C=C2C(=O)NC(=S)N(C)C2=O)cc(OCC)c1OCc1ccc([N+](=O)[O-])cc1. The lowest BCUT2D eigenvalue weighted by Crippen LogP contribution is -2.52. The zero-order valence-electron chi connectivity index (χ0n) is 18.7. The van der Waals surface area contributed by atoms with Crippen LogP contribution in [0.25, 0.3) is 6.08 Å². The van der Waals surface area contributed by atoms with Crippen LogP contribution in [-0.2, 0) is 22.6 Å². The molecule has 0 unspecified atom stereocenters. The van der Waals surface area contributed by atoms with Gasteiger partial charge in [0.2, 0.25) is 0 Å². The molecular weight excluding hydrogens is 458 g/mol. The normalized spacial score (nSPS) is 14.7. The zero-order chi connectivity index (χ0) is 24.8. The molecule has 1 N–H and O–H groups in total. The third-order valence-electron chi connectivity index (χ3n) is 4.96. The van der Waals surface area contributed by atoms with E-state index in [9.17, 15) is 19.7 Å². The fraction of sp³-hybridized carbons (Fsp3) is 0.208. The second-order valence-corrected chi connectivity index (χ2v) is 7.71. The molecule has 2 amide bonds. The lowest BCUT2D eigenvalue weighted by atomic mass is 10.0. The van der Waals surface area contributed by atoms with E-state index in [1.54, 1.807) is 30.3 Å². The molecule has 2 aromatic rings. The number of non-ortho nitro benzene ring substituents is 1. The summed E-state index contributed by atoms with van der Waals surface area (Å²) in [7, 11) is 1.49. The molecule has 1 aliphatic heterocycles. The van der Waals surface area contributed by atoms with Crippen molar-refractivity contribution in [1.82, 2.24) is 10.2 Å². The number of benzene rings is 2. The molecule has 0 saturated carbocycles. The number of amides is 2. The standard InChI is InChI=1S/C24H23N3O6S/c1-4-6-17-11-16(12-19-22(28)25-24(34)26(3)23(19)29)13-20(32-5-2)21(17)33-14-15-7-9-18(10-8-15)27(30)31/h4,7-13H,1,5-6,14H2,2-3H3,(H,25,28,34). The molecule has 3 rings (SSSR count). The van der Waals surface area contributed by atoms with E-state index in [1.807, 2.05) is 6.92 Å². The number of thiocarbonyl (C=S) groups is 1. The Kier molecular flexibility index (Phi) is 7.75. The minimum Gasteiger partial charge on any atom is -0.490 e. The molecule has 0 aliphatic carbocycles. The Bertz CT molecular complexity index is 1190. The predicted octanol–water partition coefficient (Wildman–Crippen LogP) is 3.56. The van der Waals surface area contributed by atoms with Gasteiger partial charge in [-0.1, -0.05) is 6.08 Å². The fourth-order valence-corrected chi connectivity index (χ4v) is 3.46. The molecule has 1 saturated heterocycles. The lowest BCUT2D eigenvalue weighted by molar-refractivity contribution is -0.384. The molecule has 1 heterocycles. The first-order chi connectivity index (χ1) is 16.2. The number of nitro groups is 1. The van der Waals surface area contributed by atoms with E-state index in [2.05, 4.69) is 11.9 Å². The van der Waals surface area contributed by atoms with Crippen molar-refractivity contribution in [3.8, 4) is 11.5 Å². The zero-order valence-corrected chi connectivity index (χ0v) is 19.5. The number of nitrogens with one attached hydrogen (secondary N) is 1. The van der Waals surface area contributed by atoms with Crippen LogP contribution in [0.3, 0.4) is 0 Å². The van der Waals surface area contributed by atoms with Crippen molar-refractivity contribution >= 4 is 40.9 Å². The highest BCUT2D eigenvalue weighted by Crippen LogP contribution is 2.35. The maximum absolute atomic E-state index is 12.6. The van der Waals surface area contributed by atoms with Crippen LogP contribution in [0.2, 0.25) is 0 Å². The van der Waals surface area contributed by atoms with Crippen molar-refractivity contribution in [1.29, 1.82) is 0 Å². The molecule has 10 heteroatoms. The van der Waals surface area contributed by atoms with Gasteiger partial charge in [-0.3, -0.25) is 29.9 Å². The number of nitro benzene ring substituents is 1. The number of hydrogen-bond donors (Lipinski definition) is 1. The van der Waals surface area contributed by atoms with E-state index < -0.39 is 16.7 Å². The highest BCUT2D eigenvalue weighted by molar-refractivity contribution is 7.80. The van der Waals surface area contributed by atoms with Gasteiger partial charge in [-0.25, -0.2) is 0 Å². The Balaban J connectivity index is 1.96. The number of nitrogens with zero attached hydrogens (tertiary/aromatic N) is 2. The summed E-state index contributed by atoms with van der Waals surface area (Å²) < 4.78 is 11.8. The van der Waals surface area contributed by atoms with Crippen LogP contribution in [0.5, 0.6) is 11.5 Å². The van der Waals surface area contributed by atoms with Crippen LogP contribution in [0.15, 0.2) is 54.6 Å². The maximum Gasteiger partial charge on any atom is 0.269 e. The average molecular weight is 482 g/mol. The first kappa shape index (κ1) is 24.6. The summed E-state index contributed by atoms with van der Waals surface area (Å²) in [6, 6.07) is 9.54. The molecule has 34 heavy (non-hydrogen) atoms. The number of likely N-dealkylation sites (N-methyl/N-ethyl adjacent to an activating group) is 1. The van der Waals surface area contributed by atoms with E-state index in [-0.39, 0.29) is 23.0 Å². The molecule has 0 bridgehead atoms. The van der Waals surface area contributed by atoms with Crippen LogP contribution < -0.4 is 14.8 Å². The van der Waals surface area contributed by atoms with E-state index in [4.69, 9.17) is 21.7 Å². The van der Waals surface area contributed by atoms with Gasteiger partial charge in [-0.15, -0.1) is 6.58 Å². The second-order valence-electron chi connectivity index (χ2n) is 7.33. The Morgan fingerprint density at radius 3 is 2.53 bits per heavy atom. The van der Waals surface area contributed by atoms with Crippen molar-refractivity contribution in [3.05, 3.63) is 81.4 Å². The molecule has 0 spiro atoms. The van der Waals surface area contributed by atoms with Gasteiger partial charge in [0, 0.05) is 24.7 Å². The molecule has 1 aliphatic rings. The molecule has 9 nitrogen and oxygen atoms in total. The van der Waals surface area contributed by atoms with Crippen LogP contribution in [0.1, 0.15) is 23.6 Å². The molecular formula is C24H23N3O6S. The lowest BCUT2D eigenvalue weighted by Gasteiger charge is -2.25. The fourth-order valence-electron chi connectivity index (χ4n) is 3.28. The molecule has 1 fully saturated rings. The largest absolute Gasteiger partial charge is 0.490 e. The van der Waals surface area contributed by atoms with Gasteiger partial charge in [0.1, 0.15) is 12.2 Å². The van der Waals surface area contributed by atoms with Gasteiger partial charge in [-0.2, -0.15) is 0 Å². The first-order valence-corrected chi connectivity index (χ1v) is 10.8. The highest BCUT2D eigenvalue weighted by atomic mass is 32.1. The smallest absolute Gasteiger partial charge is 0.269 e. The number of carbonyl (C=O) groups is 2. The van der Waals surface area contributed by atoms with E-state index >= 15 is 0 Å². The summed E-state index contributed by atoms with van der Waals surface area (Å²) in [5, 5.41) is 13.4. The van der Waals surface area contributed by atoms with Gasteiger partial charge in [0.25, 0.3) is 17.5 Å². The molecule has 0 aromatic heterocycles. The summed E-state index contributed by atoms with van der Waals surface area (Å²) in [6.07, 6.45) is 3.62. The van der Waals surface area contributed by atoms with Crippen molar-refractivity contribution in [2.45, 2.75) is 20.0 Å². The van der Waals surface area contributed by atoms with Crippen molar-refractivity contribution in [3.63, 3.8) is 0 Å². The average Bonchev–Trinajstić information content (AvgIpc) is 2.80. The second kappa shape index (κ2) is 10.7. The minimum atomic E-state index is -0.574. The number of allylic oxidation sites excluding steroid dienone is 1. The third kappa shape index (κ3) is 5.46. The van der Waals surface area contributed by atoms with E-state index in [0.717, 1.165) is 11.1 Å². The Hall–Kier alpha value is -4.05. The predicted molar refractivity (Wildman–Crippen MR) is 130 cm³/mol.